The fourth-order valence-electron chi connectivity index (χ4n) is 3.18. The standard InChI is InChI=1S/C22H21N5O/c1-16-13-17(2)27(25-16)21-9-7-19(8-10-21)22(28)24-20-6-3-5-18(14-20)15-26-12-4-11-23-26/h3-14H,15H2,1-2H3,(H,24,28). The molecule has 28 heavy (non-hydrogen) atoms. The van der Waals surface area contributed by atoms with Crippen LogP contribution in [0.5, 0.6) is 0 Å². The second-order valence-corrected chi connectivity index (χ2v) is 6.74. The molecule has 0 radical (unpaired) electrons. The van der Waals surface area contributed by atoms with Gasteiger partial charge in [-0.1, -0.05) is 12.1 Å². The van der Waals surface area contributed by atoms with E-state index in [0.717, 1.165) is 28.3 Å². The first-order chi connectivity index (χ1) is 13.6. The summed E-state index contributed by atoms with van der Waals surface area (Å²) >= 11 is 0. The largest absolute Gasteiger partial charge is 0.322 e. The fourth-order valence-corrected chi connectivity index (χ4v) is 3.18. The van der Waals surface area contributed by atoms with Gasteiger partial charge in [-0.15, -0.1) is 0 Å². The lowest BCUT2D eigenvalue weighted by molar-refractivity contribution is 0.102. The van der Waals surface area contributed by atoms with E-state index in [1.54, 1.807) is 6.20 Å². The molecule has 0 aliphatic carbocycles. The Kier molecular flexibility index (Phi) is 4.76. The molecule has 4 rings (SSSR count). The van der Waals surface area contributed by atoms with E-state index >= 15 is 0 Å². The van der Waals surface area contributed by atoms with Gasteiger partial charge in [0.05, 0.1) is 17.9 Å². The van der Waals surface area contributed by atoms with Gasteiger partial charge in [0.25, 0.3) is 5.91 Å². The van der Waals surface area contributed by atoms with Gasteiger partial charge in [0.15, 0.2) is 0 Å². The van der Waals surface area contributed by atoms with Crippen LogP contribution in [-0.4, -0.2) is 25.5 Å². The van der Waals surface area contributed by atoms with E-state index in [1.165, 1.54) is 0 Å². The van der Waals surface area contributed by atoms with Gasteiger partial charge in [-0.05, 0) is 67.9 Å². The van der Waals surface area contributed by atoms with Gasteiger partial charge in [0.1, 0.15) is 0 Å². The molecule has 4 aromatic rings. The van der Waals surface area contributed by atoms with E-state index in [1.807, 2.05) is 90.1 Å². The highest BCUT2D eigenvalue weighted by Crippen LogP contribution is 2.16. The quantitative estimate of drug-likeness (QED) is 0.577. The van der Waals surface area contributed by atoms with Crippen LogP contribution >= 0.6 is 0 Å². The molecule has 2 heterocycles. The van der Waals surface area contributed by atoms with Crippen molar-refractivity contribution in [1.82, 2.24) is 19.6 Å². The van der Waals surface area contributed by atoms with Gasteiger partial charge >= 0.3 is 0 Å². The van der Waals surface area contributed by atoms with Crippen molar-refractivity contribution in [1.29, 1.82) is 0 Å². The third-order valence-electron chi connectivity index (χ3n) is 4.47. The van der Waals surface area contributed by atoms with Gasteiger partial charge in [-0.3, -0.25) is 9.48 Å². The third-order valence-corrected chi connectivity index (χ3v) is 4.47. The molecule has 2 aromatic carbocycles. The van der Waals surface area contributed by atoms with Crippen LogP contribution in [0.25, 0.3) is 5.69 Å². The maximum absolute atomic E-state index is 12.6. The van der Waals surface area contributed by atoms with Crippen LogP contribution in [0.15, 0.2) is 73.1 Å². The molecule has 0 saturated carbocycles. The SMILES string of the molecule is Cc1cc(C)n(-c2ccc(C(=O)Nc3cccc(Cn4cccn4)c3)cc2)n1. The summed E-state index contributed by atoms with van der Waals surface area (Å²) < 4.78 is 3.72. The van der Waals surface area contributed by atoms with Crippen LogP contribution in [0.4, 0.5) is 5.69 Å². The van der Waals surface area contributed by atoms with E-state index in [0.29, 0.717) is 12.1 Å². The summed E-state index contributed by atoms with van der Waals surface area (Å²) in [4.78, 5) is 12.6. The molecule has 140 valence electrons. The molecule has 1 amide bonds. The number of nitrogens with one attached hydrogen (secondary N) is 1. The lowest BCUT2D eigenvalue weighted by atomic mass is 10.1. The summed E-state index contributed by atoms with van der Waals surface area (Å²) in [6, 6.07) is 19.1. The van der Waals surface area contributed by atoms with Gasteiger partial charge in [0.2, 0.25) is 0 Å². The zero-order chi connectivity index (χ0) is 19.5. The Hall–Kier alpha value is -3.67. The van der Waals surface area contributed by atoms with E-state index in [-0.39, 0.29) is 5.91 Å². The van der Waals surface area contributed by atoms with Gasteiger partial charge in [-0.2, -0.15) is 10.2 Å². The number of hydrogen-bond acceptors (Lipinski definition) is 3. The number of hydrogen-bond donors (Lipinski definition) is 1. The molecule has 6 heteroatoms. The summed E-state index contributed by atoms with van der Waals surface area (Å²) in [5.41, 5.74) is 5.39. The molecule has 6 nitrogen and oxygen atoms in total. The van der Waals surface area contributed by atoms with Crippen LogP contribution in [0.2, 0.25) is 0 Å². The Bertz CT molecular complexity index is 1090. The lowest BCUT2D eigenvalue weighted by Crippen LogP contribution is -2.12. The molecule has 0 unspecified atom stereocenters. The molecule has 0 fully saturated rings. The first-order valence-corrected chi connectivity index (χ1v) is 9.10. The Morgan fingerprint density at radius 3 is 2.54 bits per heavy atom. The average molecular weight is 371 g/mol. The molecule has 0 spiro atoms. The van der Waals surface area contributed by atoms with Crippen LogP contribution in [0.1, 0.15) is 27.3 Å². The summed E-state index contributed by atoms with van der Waals surface area (Å²) in [5.74, 6) is -0.142. The van der Waals surface area contributed by atoms with E-state index < -0.39 is 0 Å². The molecular formula is C22H21N5O. The lowest BCUT2D eigenvalue weighted by Gasteiger charge is -2.09. The number of nitrogens with zero attached hydrogens (tertiary/aromatic N) is 4. The Balaban J connectivity index is 1.47. The molecule has 0 atom stereocenters. The normalized spacial score (nSPS) is 10.8. The summed E-state index contributed by atoms with van der Waals surface area (Å²) in [6.45, 7) is 4.64. The number of aryl methyl sites for hydroxylation is 2. The Morgan fingerprint density at radius 1 is 1.04 bits per heavy atom. The zero-order valence-electron chi connectivity index (χ0n) is 15.8. The van der Waals surface area contributed by atoms with Crippen molar-refractivity contribution in [2.75, 3.05) is 5.32 Å². The van der Waals surface area contributed by atoms with Crippen molar-refractivity contribution in [2.45, 2.75) is 20.4 Å². The number of aromatic nitrogens is 4. The van der Waals surface area contributed by atoms with E-state index in [2.05, 4.69) is 15.5 Å². The number of carbonyl (C=O) groups excluding carboxylic acids is 1. The second kappa shape index (κ2) is 7.52. The van der Waals surface area contributed by atoms with Gasteiger partial charge in [-0.25, -0.2) is 4.68 Å². The maximum Gasteiger partial charge on any atom is 0.255 e. The highest BCUT2D eigenvalue weighted by atomic mass is 16.1. The average Bonchev–Trinajstić information content (AvgIpc) is 3.31. The third kappa shape index (κ3) is 3.86. The topological polar surface area (TPSA) is 64.7 Å². The fraction of sp³-hybridized carbons (Fsp3) is 0.136. The van der Waals surface area contributed by atoms with Crippen molar-refractivity contribution in [2.24, 2.45) is 0 Å². The minimum atomic E-state index is -0.142. The highest BCUT2D eigenvalue weighted by Gasteiger charge is 2.09. The van der Waals surface area contributed by atoms with Crippen LogP contribution in [0.3, 0.4) is 0 Å². The van der Waals surface area contributed by atoms with Crippen LogP contribution in [0, 0.1) is 13.8 Å². The van der Waals surface area contributed by atoms with Crippen molar-refractivity contribution in [3.63, 3.8) is 0 Å². The van der Waals surface area contributed by atoms with Crippen molar-refractivity contribution in [3.05, 3.63) is 95.6 Å². The molecule has 0 saturated heterocycles. The molecule has 0 aliphatic heterocycles. The number of rotatable bonds is 5. The van der Waals surface area contributed by atoms with Gasteiger partial charge in [0, 0.05) is 29.3 Å². The number of benzene rings is 2. The molecule has 0 bridgehead atoms. The summed E-state index contributed by atoms with van der Waals surface area (Å²) in [6.07, 6.45) is 3.66. The minimum absolute atomic E-state index is 0.142. The maximum atomic E-state index is 12.6. The molecule has 0 aliphatic rings. The Labute approximate surface area is 163 Å². The molecular weight excluding hydrogens is 350 g/mol. The van der Waals surface area contributed by atoms with Crippen LogP contribution in [-0.2, 0) is 6.54 Å². The minimum Gasteiger partial charge on any atom is -0.322 e. The summed E-state index contributed by atoms with van der Waals surface area (Å²) in [7, 11) is 0. The van der Waals surface area contributed by atoms with E-state index in [4.69, 9.17) is 0 Å². The molecule has 1 N–H and O–H groups in total. The first kappa shape index (κ1) is 17.7. The van der Waals surface area contributed by atoms with Crippen molar-refractivity contribution >= 4 is 11.6 Å². The first-order valence-electron chi connectivity index (χ1n) is 9.10. The zero-order valence-corrected chi connectivity index (χ0v) is 15.8. The number of amides is 1. The van der Waals surface area contributed by atoms with Crippen LogP contribution < -0.4 is 5.32 Å². The number of carbonyl (C=O) groups is 1. The monoisotopic (exact) mass is 371 g/mol. The predicted octanol–water partition coefficient (Wildman–Crippen LogP) is 3.99. The van der Waals surface area contributed by atoms with Crippen molar-refractivity contribution < 1.29 is 4.79 Å². The second-order valence-electron chi connectivity index (χ2n) is 6.74. The smallest absolute Gasteiger partial charge is 0.255 e. The van der Waals surface area contributed by atoms with E-state index in [9.17, 15) is 4.79 Å². The van der Waals surface area contributed by atoms with Gasteiger partial charge < -0.3 is 5.32 Å². The van der Waals surface area contributed by atoms with Crippen molar-refractivity contribution in [3.8, 4) is 5.69 Å². The Morgan fingerprint density at radius 2 is 1.86 bits per heavy atom. The summed E-state index contributed by atoms with van der Waals surface area (Å²) in [5, 5.41) is 11.6. The molecule has 2 aromatic heterocycles. The highest BCUT2D eigenvalue weighted by molar-refractivity contribution is 6.04. The predicted molar refractivity (Wildman–Crippen MR) is 109 cm³/mol. The number of anilines is 1.